The Balaban J connectivity index is 2.04. The Hall–Kier alpha value is -0.0800. The molecule has 1 fully saturated rings. The van der Waals surface area contributed by atoms with Gasteiger partial charge in [-0.05, 0) is 33.6 Å². The molecule has 0 aliphatic heterocycles. The fraction of sp³-hybridized carbons (Fsp3) is 1.00. The first-order valence-electron chi connectivity index (χ1n) is 5.33. The lowest BCUT2D eigenvalue weighted by molar-refractivity contribution is -0.148. The van der Waals surface area contributed by atoms with Crippen molar-refractivity contribution >= 4 is 0 Å². The van der Waals surface area contributed by atoms with Crippen molar-refractivity contribution in [3.8, 4) is 0 Å². The van der Waals surface area contributed by atoms with Gasteiger partial charge in [0.25, 0.3) is 0 Å². The average molecular weight is 186 g/mol. The highest BCUT2D eigenvalue weighted by molar-refractivity contribution is 4.64. The van der Waals surface area contributed by atoms with Crippen LogP contribution in [0.5, 0.6) is 0 Å². The molecule has 13 heavy (non-hydrogen) atoms. The van der Waals surface area contributed by atoms with Crippen molar-refractivity contribution in [2.75, 3.05) is 6.79 Å². The molecule has 0 aromatic rings. The molecule has 0 bridgehead atoms. The van der Waals surface area contributed by atoms with Crippen molar-refractivity contribution in [1.82, 2.24) is 0 Å². The second-order valence-corrected chi connectivity index (χ2v) is 4.80. The van der Waals surface area contributed by atoms with Crippen LogP contribution in [0.3, 0.4) is 0 Å². The van der Waals surface area contributed by atoms with Crippen LogP contribution in [0.2, 0.25) is 0 Å². The Bertz CT molecular complexity index is 132. The van der Waals surface area contributed by atoms with Crippen LogP contribution in [0.1, 0.15) is 52.9 Å². The second-order valence-electron chi connectivity index (χ2n) is 4.80. The SMILES string of the molecule is CC(C)(C)OCOC1CCCCC1. The lowest BCUT2D eigenvalue weighted by Gasteiger charge is -2.25. The summed E-state index contributed by atoms with van der Waals surface area (Å²) in [5.41, 5.74) is -0.0747. The number of hydrogen-bond acceptors (Lipinski definition) is 2. The monoisotopic (exact) mass is 186 g/mol. The first-order chi connectivity index (χ1) is 6.08. The Kier molecular flexibility index (Phi) is 4.20. The molecular weight excluding hydrogens is 164 g/mol. The normalized spacial score (nSPS) is 20.5. The molecule has 0 saturated heterocycles. The van der Waals surface area contributed by atoms with E-state index in [1.165, 1.54) is 32.1 Å². The van der Waals surface area contributed by atoms with Gasteiger partial charge in [0.2, 0.25) is 0 Å². The molecule has 0 spiro atoms. The van der Waals surface area contributed by atoms with Gasteiger partial charge in [-0.1, -0.05) is 19.3 Å². The Labute approximate surface area is 81.6 Å². The third kappa shape index (κ3) is 5.27. The van der Waals surface area contributed by atoms with Crippen LogP contribution >= 0.6 is 0 Å². The summed E-state index contributed by atoms with van der Waals surface area (Å²) >= 11 is 0. The minimum atomic E-state index is -0.0747. The third-order valence-corrected chi connectivity index (χ3v) is 2.35. The summed E-state index contributed by atoms with van der Waals surface area (Å²) in [7, 11) is 0. The molecule has 0 amide bonds. The van der Waals surface area contributed by atoms with Crippen LogP contribution < -0.4 is 0 Å². The second kappa shape index (κ2) is 4.97. The Morgan fingerprint density at radius 2 is 1.69 bits per heavy atom. The van der Waals surface area contributed by atoms with Gasteiger partial charge in [-0.25, -0.2) is 0 Å². The van der Waals surface area contributed by atoms with Gasteiger partial charge in [0.15, 0.2) is 0 Å². The molecule has 1 aliphatic rings. The average Bonchev–Trinajstić information content (AvgIpc) is 2.04. The Morgan fingerprint density at radius 3 is 2.23 bits per heavy atom. The molecule has 0 aromatic carbocycles. The summed E-state index contributed by atoms with van der Waals surface area (Å²) < 4.78 is 11.1. The smallest absolute Gasteiger partial charge is 0.147 e. The van der Waals surface area contributed by atoms with Gasteiger partial charge in [0, 0.05) is 0 Å². The van der Waals surface area contributed by atoms with Gasteiger partial charge in [0.05, 0.1) is 11.7 Å². The molecule has 0 N–H and O–H groups in total. The lowest BCUT2D eigenvalue weighted by Crippen LogP contribution is -2.25. The highest BCUT2D eigenvalue weighted by atomic mass is 16.7. The van der Waals surface area contributed by atoms with E-state index in [1.54, 1.807) is 0 Å². The summed E-state index contributed by atoms with van der Waals surface area (Å²) in [5.74, 6) is 0. The quantitative estimate of drug-likeness (QED) is 0.630. The van der Waals surface area contributed by atoms with Crippen molar-refractivity contribution in [2.24, 2.45) is 0 Å². The number of hydrogen-bond donors (Lipinski definition) is 0. The molecule has 1 saturated carbocycles. The molecule has 0 atom stereocenters. The molecule has 0 unspecified atom stereocenters. The minimum absolute atomic E-state index is 0.0747. The van der Waals surface area contributed by atoms with Crippen LogP contribution in [0.15, 0.2) is 0 Å². The molecule has 0 heterocycles. The molecule has 1 aliphatic carbocycles. The maximum absolute atomic E-state index is 5.64. The molecule has 1 rings (SSSR count). The molecule has 78 valence electrons. The maximum Gasteiger partial charge on any atom is 0.147 e. The van der Waals surface area contributed by atoms with Crippen LogP contribution in [-0.4, -0.2) is 18.5 Å². The van der Waals surface area contributed by atoms with E-state index in [9.17, 15) is 0 Å². The van der Waals surface area contributed by atoms with E-state index in [4.69, 9.17) is 9.47 Å². The molecule has 0 radical (unpaired) electrons. The third-order valence-electron chi connectivity index (χ3n) is 2.35. The topological polar surface area (TPSA) is 18.5 Å². The molecule has 2 heteroatoms. The summed E-state index contributed by atoms with van der Waals surface area (Å²) in [4.78, 5) is 0. The summed E-state index contributed by atoms with van der Waals surface area (Å²) in [6.07, 6.45) is 6.90. The van der Waals surface area contributed by atoms with E-state index in [-0.39, 0.29) is 5.60 Å². The van der Waals surface area contributed by atoms with Crippen molar-refractivity contribution < 1.29 is 9.47 Å². The fourth-order valence-electron chi connectivity index (χ4n) is 1.54. The van der Waals surface area contributed by atoms with E-state index in [1.807, 2.05) is 0 Å². The number of ether oxygens (including phenoxy) is 2. The van der Waals surface area contributed by atoms with Crippen LogP contribution in [-0.2, 0) is 9.47 Å². The van der Waals surface area contributed by atoms with Crippen molar-refractivity contribution in [3.63, 3.8) is 0 Å². The van der Waals surface area contributed by atoms with Gasteiger partial charge in [0.1, 0.15) is 6.79 Å². The Morgan fingerprint density at radius 1 is 1.08 bits per heavy atom. The highest BCUT2D eigenvalue weighted by Crippen LogP contribution is 2.20. The predicted octanol–water partition coefficient (Wildman–Crippen LogP) is 3.11. The van der Waals surface area contributed by atoms with Crippen LogP contribution in [0, 0.1) is 0 Å². The number of rotatable bonds is 3. The first-order valence-corrected chi connectivity index (χ1v) is 5.33. The van der Waals surface area contributed by atoms with Crippen molar-refractivity contribution in [3.05, 3.63) is 0 Å². The highest BCUT2D eigenvalue weighted by Gasteiger charge is 2.15. The van der Waals surface area contributed by atoms with E-state index < -0.39 is 0 Å². The van der Waals surface area contributed by atoms with Crippen molar-refractivity contribution in [1.29, 1.82) is 0 Å². The maximum atomic E-state index is 5.64. The first kappa shape index (κ1) is 11.0. The van der Waals surface area contributed by atoms with Gasteiger partial charge in [-0.2, -0.15) is 0 Å². The fourth-order valence-corrected chi connectivity index (χ4v) is 1.54. The molecular formula is C11H22O2. The van der Waals surface area contributed by atoms with Gasteiger partial charge >= 0.3 is 0 Å². The van der Waals surface area contributed by atoms with Crippen LogP contribution in [0.25, 0.3) is 0 Å². The van der Waals surface area contributed by atoms with Gasteiger partial charge in [-0.3, -0.25) is 0 Å². The zero-order valence-electron chi connectivity index (χ0n) is 9.14. The molecule has 0 aromatic heterocycles. The van der Waals surface area contributed by atoms with E-state index >= 15 is 0 Å². The summed E-state index contributed by atoms with van der Waals surface area (Å²) in [6, 6.07) is 0. The summed E-state index contributed by atoms with van der Waals surface area (Å²) in [5, 5.41) is 0. The predicted molar refractivity (Wildman–Crippen MR) is 53.7 cm³/mol. The summed E-state index contributed by atoms with van der Waals surface area (Å²) in [6.45, 7) is 6.61. The van der Waals surface area contributed by atoms with Crippen molar-refractivity contribution in [2.45, 2.75) is 64.6 Å². The molecule has 2 nitrogen and oxygen atoms in total. The largest absolute Gasteiger partial charge is 0.352 e. The van der Waals surface area contributed by atoms with Crippen LogP contribution in [0.4, 0.5) is 0 Å². The van der Waals surface area contributed by atoms with E-state index in [2.05, 4.69) is 20.8 Å². The van der Waals surface area contributed by atoms with E-state index in [0.29, 0.717) is 12.9 Å². The zero-order valence-corrected chi connectivity index (χ0v) is 9.14. The van der Waals surface area contributed by atoms with E-state index in [0.717, 1.165) is 0 Å². The lowest BCUT2D eigenvalue weighted by atomic mass is 9.98. The zero-order chi connectivity index (χ0) is 9.73. The van der Waals surface area contributed by atoms with Gasteiger partial charge < -0.3 is 9.47 Å². The minimum Gasteiger partial charge on any atom is -0.352 e. The standard InChI is InChI=1S/C11H22O2/c1-11(2,3)13-9-12-10-7-5-4-6-8-10/h10H,4-9H2,1-3H3. The van der Waals surface area contributed by atoms with Gasteiger partial charge in [-0.15, -0.1) is 0 Å².